The molecule has 205 valence electrons. The van der Waals surface area contributed by atoms with Crippen molar-refractivity contribution < 1.29 is 31.3 Å². The zero-order chi connectivity index (χ0) is 29.7. The normalized spacial score (nSPS) is 10.9. The van der Waals surface area contributed by atoms with Crippen LogP contribution in [-0.4, -0.2) is 9.97 Å². The van der Waals surface area contributed by atoms with Crippen LogP contribution in [0.25, 0.3) is 0 Å². The summed E-state index contributed by atoms with van der Waals surface area (Å²) in [6.07, 6.45) is 3.32. The molecule has 2 aromatic heterocycles. The average molecular weight is 588 g/mol. The summed E-state index contributed by atoms with van der Waals surface area (Å²) in [4.78, 5) is 8.58. The van der Waals surface area contributed by atoms with Gasteiger partial charge in [0.1, 0.15) is 0 Å². The van der Waals surface area contributed by atoms with E-state index in [0.717, 1.165) is 17.4 Å². The van der Waals surface area contributed by atoms with Gasteiger partial charge in [0.25, 0.3) is 0 Å². The third kappa shape index (κ3) is 6.68. The summed E-state index contributed by atoms with van der Waals surface area (Å²) >= 11 is 1.06. The molecule has 0 unspecified atom stereocenters. The van der Waals surface area contributed by atoms with Crippen molar-refractivity contribution in [3.05, 3.63) is 204 Å². The number of aromatic nitrogens is 2. The fourth-order valence-electron chi connectivity index (χ4n) is 4.76. The van der Waals surface area contributed by atoms with E-state index in [0.29, 0.717) is 33.6 Å². The molecular weight excluding hydrogens is 559 g/mol. The van der Waals surface area contributed by atoms with Gasteiger partial charge in [-0.15, -0.1) is 0 Å². The molecule has 0 aliphatic rings. The molecule has 0 radical (unpaired) electrons. The summed E-state index contributed by atoms with van der Waals surface area (Å²) < 4.78 is 8.19. The van der Waals surface area contributed by atoms with Crippen LogP contribution in [0.2, 0.25) is 0 Å². The van der Waals surface area contributed by atoms with Gasteiger partial charge in [0.05, 0.1) is 0 Å². The maximum atomic E-state index is 13.6. The van der Waals surface area contributed by atoms with E-state index < -0.39 is 11.2 Å². The summed E-state index contributed by atoms with van der Waals surface area (Å²) in [6.45, 7) is 0. The molecule has 5 nitrogen and oxygen atoms in total. The number of nitrogens with zero attached hydrogens (tertiary/aromatic N) is 2. The molecule has 0 spiro atoms. The standard InChI is InChI=1S/2C18H14NO.O.V/c2*20-18(15-9-3-1-4-10-15,16-11-5-2-6-12-16)17-13-7-8-14-19-17;;/h2*1-14H;;/q2*-1;;+2. The van der Waals surface area contributed by atoms with Gasteiger partial charge in [0, 0.05) is 23.8 Å². The Kier molecular flexibility index (Phi) is 10.8. The molecule has 0 aliphatic heterocycles. The molecule has 0 bridgehead atoms. The van der Waals surface area contributed by atoms with Crippen LogP contribution >= 0.6 is 0 Å². The van der Waals surface area contributed by atoms with E-state index in [1.807, 2.05) is 146 Å². The van der Waals surface area contributed by atoms with Gasteiger partial charge in [-0.3, -0.25) is 9.97 Å². The molecule has 2 heterocycles. The molecule has 0 saturated heterocycles. The van der Waals surface area contributed by atoms with Gasteiger partial charge in [-0.1, -0.05) is 133 Å². The second-order valence-corrected chi connectivity index (χ2v) is 9.26. The topological polar surface area (TPSA) is 89.0 Å². The van der Waals surface area contributed by atoms with Crippen molar-refractivity contribution in [1.82, 2.24) is 9.97 Å². The molecule has 6 rings (SSSR count). The first kappa shape index (κ1) is 30.4. The number of benzene rings is 4. The van der Waals surface area contributed by atoms with Crippen LogP contribution < -0.4 is 10.2 Å². The third-order valence-corrected chi connectivity index (χ3v) is 6.77. The van der Waals surface area contributed by atoms with Crippen molar-refractivity contribution >= 4 is 0 Å². The van der Waals surface area contributed by atoms with E-state index in [4.69, 9.17) is 3.67 Å². The Hall–Kier alpha value is -4.52. The van der Waals surface area contributed by atoms with Crippen molar-refractivity contribution in [1.29, 1.82) is 0 Å². The van der Waals surface area contributed by atoms with Crippen molar-refractivity contribution in [2.45, 2.75) is 11.2 Å². The Labute approximate surface area is 255 Å². The fourth-order valence-corrected chi connectivity index (χ4v) is 4.76. The Bertz CT molecular complexity index is 1290. The van der Waals surface area contributed by atoms with E-state index in [9.17, 15) is 10.2 Å². The fraction of sp³-hybridized carbons (Fsp3) is 0.0556. The zero-order valence-corrected chi connectivity index (χ0v) is 24.1. The molecule has 0 saturated carbocycles. The average Bonchev–Trinajstić information content (AvgIpc) is 3.11. The van der Waals surface area contributed by atoms with Crippen LogP contribution in [-0.2, 0) is 32.2 Å². The minimum absolute atomic E-state index is 0.511. The van der Waals surface area contributed by atoms with Crippen LogP contribution in [0.3, 0.4) is 0 Å². The minimum atomic E-state index is -1.48. The molecule has 6 aromatic rings. The molecule has 0 atom stereocenters. The third-order valence-electron chi connectivity index (χ3n) is 6.77. The summed E-state index contributed by atoms with van der Waals surface area (Å²) in [7, 11) is 0. The maximum absolute atomic E-state index is 13.6. The SMILES string of the molecule is [O-]C(c1ccccc1)(c1ccccc1)c1ccccn1.[O-]C(c1ccccc1)(c1ccccc1)c1ccccn1.[O]=[V+2]. The first-order chi connectivity index (χ1) is 20.6. The van der Waals surface area contributed by atoms with Crippen LogP contribution in [0.5, 0.6) is 0 Å². The Morgan fingerprint density at radius 2 is 0.619 bits per heavy atom. The van der Waals surface area contributed by atoms with E-state index >= 15 is 0 Å². The van der Waals surface area contributed by atoms with Crippen LogP contribution in [0.4, 0.5) is 0 Å². The van der Waals surface area contributed by atoms with Crippen molar-refractivity contribution in [2.24, 2.45) is 0 Å². The Morgan fingerprint density at radius 1 is 0.381 bits per heavy atom. The molecule has 0 aliphatic carbocycles. The van der Waals surface area contributed by atoms with E-state index in [-0.39, 0.29) is 0 Å². The first-order valence-corrected chi connectivity index (χ1v) is 13.8. The number of pyridine rings is 2. The number of rotatable bonds is 6. The predicted molar refractivity (Wildman–Crippen MR) is 155 cm³/mol. The summed E-state index contributed by atoms with van der Waals surface area (Å²) in [5.74, 6) is 0. The molecule has 4 aromatic carbocycles. The van der Waals surface area contributed by atoms with Gasteiger partial charge >= 0.3 is 21.0 Å². The predicted octanol–water partition coefficient (Wildman–Crippen LogP) is 5.35. The van der Waals surface area contributed by atoms with E-state index in [1.165, 1.54) is 0 Å². The monoisotopic (exact) mass is 587 g/mol. The van der Waals surface area contributed by atoms with Crippen LogP contribution in [0, 0.1) is 0 Å². The number of hydrogen-bond donors (Lipinski definition) is 0. The number of hydrogen-bond acceptors (Lipinski definition) is 5. The van der Waals surface area contributed by atoms with E-state index in [2.05, 4.69) is 9.97 Å². The summed E-state index contributed by atoms with van der Waals surface area (Å²) in [5.41, 5.74) is 0.854. The van der Waals surface area contributed by atoms with Gasteiger partial charge in [-0.2, -0.15) is 0 Å². The van der Waals surface area contributed by atoms with Crippen molar-refractivity contribution in [3.8, 4) is 0 Å². The van der Waals surface area contributed by atoms with Gasteiger partial charge in [0.15, 0.2) is 0 Å². The second-order valence-electron chi connectivity index (χ2n) is 9.26. The Balaban J connectivity index is 0.000000182. The van der Waals surface area contributed by atoms with Crippen molar-refractivity contribution in [3.63, 3.8) is 0 Å². The summed E-state index contributed by atoms with van der Waals surface area (Å²) in [5, 5.41) is 27.3. The summed E-state index contributed by atoms with van der Waals surface area (Å²) in [6, 6.07) is 48.5. The van der Waals surface area contributed by atoms with Gasteiger partial charge in [-0.05, 0) is 57.7 Å². The molecule has 42 heavy (non-hydrogen) atoms. The van der Waals surface area contributed by atoms with Gasteiger partial charge in [-0.25, -0.2) is 0 Å². The Morgan fingerprint density at radius 3 is 0.833 bits per heavy atom. The zero-order valence-electron chi connectivity index (χ0n) is 22.7. The van der Waals surface area contributed by atoms with E-state index in [1.54, 1.807) is 24.5 Å². The molecule has 0 amide bonds. The molecule has 0 fully saturated rings. The molecule has 6 heteroatoms. The second kappa shape index (κ2) is 14.9. The van der Waals surface area contributed by atoms with Crippen molar-refractivity contribution in [2.75, 3.05) is 0 Å². The first-order valence-electron chi connectivity index (χ1n) is 13.3. The molecular formula is C36H28N2O3V. The van der Waals surface area contributed by atoms with Gasteiger partial charge < -0.3 is 10.2 Å². The van der Waals surface area contributed by atoms with Crippen LogP contribution in [0.1, 0.15) is 33.6 Å². The van der Waals surface area contributed by atoms with Gasteiger partial charge in [0.2, 0.25) is 0 Å². The molecule has 0 N–H and O–H groups in total. The quantitative estimate of drug-likeness (QED) is 0.262. The van der Waals surface area contributed by atoms with Crippen LogP contribution in [0.15, 0.2) is 170 Å².